The number of fused-ring (bicyclic) bond motifs is 2. The number of carboxylic acid groups (broad SMARTS) is 1. The van der Waals surface area contributed by atoms with E-state index in [1.165, 1.54) is 12.1 Å². The van der Waals surface area contributed by atoms with Gasteiger partial charge in [0.1, 0.15) is 26.9 Å². The van der Waals surface area contributed by atoms with E-state index in [1.54, 1.807) is 0 Å². The number of aromatic hydroxyl groups is 1. The highest BCUT2D eigenvalue weighted by Crippen LogP contribution is 2.55. The van der Waals surface area contributed by atoms with E-state index >= 15 is 0 Å². The molecule has 0 fully saturated rings. The van der Waals surface area contributed by atoms with Crippen LogP contribution in [0.25, 0.3) is 5.57 Å². The summed E-state index contributed by atoms with van der Waals surface area (Å²) in [6, 6.07) is 1.54. The number of halogens is 8. The van der Waals surface area contributed by atoms with Gasteiger partial charge in [-0.2, -0.15) is 0 Å². The SMILES string of the molecule is O=C(O)c1c(Cl)c(Cl)c(Cl)c(Cl)c1C1=C2C=C(Br)C(=O)C(Br)C2Oc2c1cc(Br)c(O)c2Br. The Morgan fingerprint density at radius 3 is 2.24 bits per heavy atom. The van der Waals surface area contributed by atoms with Gasteiger partial charge in [0.2, 0.25) is 0 Å². The highest BCUT2D eigenvalue weighted by Gasteiger charge is 2.43. The van der Waals surface area contributed by atoms with Crippen LogP contribution in [0.1, 0.15) is 21.5 Å². The molecule has 4 rings (SSSR count). The second-order valence-corrected chi connectivity index (χ2v) is 11.8. The molecule has 2 N–H and O–H groups in total. The van der Waals surface area contributed by atoms with Crippen molar-refractivity contribution in [1.82, 2.24) is 0 Å². The Labute approximate surface area is 240 Å². The molecule has 0 bridgehead atoms. The minimum Gasteiger partial charge on any atom is -0.505 e. The minimum absolute atomic E-state index is 0.0109. The monoisotopic (exact) mass is 782 g/mol. The molecule has 2 aromatic carbocycles. The molecule has 172 valence electrons. The van der Waals surface area contributed by atoms with Crippen molar-refractivity contribution in [1.29, 1.82) is 0 Å². The maximum absolute atomic E-state index is 12.6. The van der Waals surface area contributed by atoms with Crippen LogP contribution >= 0.6 is 110 Å². The Bertz CT molecular complexity index is 1360. The molecule has 0 saturated carbocycles. The van der Waals surface area contributed by atoms with E-state index in [-0.39, 0.29) is 61.9 Å². The number of Topliss-reactive ketones (excluding diaryl/α,β-unsaturated/α-hetero) is 1. The third-order valence-corrected chi connectivity index (χ3v) is 9.68. The van der Waals surface area contributed by atoms with Crippen LogP contribution in [-0.4, -0.2) is 32.9 Å². The fraction of sp³-hybridized carbons (Fsp3) is 0.100. The summed E-state index contributed by atoms with van der Waals surface area (Å²) in [5, 5.41) is 19.7. The summed E-state index contributed by atoms with van der Waals surface area (Å²) < 4.78 is 6.81. The Kier molecular flexibility index (Phi) is 7.29. The van der Waals surface area contributed by atoms with Crippen molar-refractivity contribution in [3.8, 4) is 11.5 Å². The molecule has 1 aliphatic heterocycles. The predicted molar refractivity (Wildman–Crippen MR) is 142 cm³/mol. The van der Waals surface area contributed by atoms with Crippen LogP contribution in [0.5, 0.6) is 11.5 Å². The lowest BCUT2D eigenvalue weighted by atomic mass is 9.82. The Morgan fingerprint density at radius 2 is 1.64 bits per heavy atom. The molecule has 0 amide bonds. The zero-order chi connectivity index (χ0) is 24.5. The molecule has 33 heavy (non-hydrogen) atoms. The highest BCUT2D eigenvalue weighted by molar-refractivity contribution is 9.12. The number of benzene rings is 2. The molecular formula is C20H6Br4Cl4O5. The number of phenols is 1. The van der Waals surface area contributed by atoms with Crippen LogP contribution in [0.2, 0.25) is 20.1 Å². The lowest BCUT2D eigenvalue weighted by molar-refractivity contribution is -0.115. The number of carbonyl (C=O) groups is 2. The average molecular weight is 788 g/mol. The summed E-state index contributed by atoms with van der Waals surface area (Å²) >= 11 is 38.5. The van der Waals surface area contributed by atoms with Gasteiger partial charge in [0.25, 0.3) is 0 Å². The van der Waals surface area contributed by atoms with Crippen LogP contribution in [-0.2, 0) is 4.79 Å². The first-order valence-electron chi connectivity index (χ1n) is 8.65. The van der Waals surface area contributed by atoms with Crippen molar-refractivity contribution in [2.24, 2.45) is 0 Å². The molecule has 0 aromatic heterocycles. The quantitative estimate of drug-likeness (QED) is 0.182. The number of carbonyl (C=O) groups excluding carboxylic acids is 1. The van der Waals surface area contributed by atoms with E-state index in [0.717, 1.165) is 0 Å². The number of carboxylic acids is 1. The van der Waals surface area contributed by atoms with E-state index in [2.05, 4.69) is 63.7 Å². The molecular weight excluding hydrogens is 782 g/mol. The van der Waals surface area contributed by atoms with Gasteiger partial charge >= 0.3 is 5.97 Å². The molecule has 2 aromatic rings. The number of rotatable bonds is 2. The van der Waals surface area contributed by atoms with E-state index in [9.17, 15) is 19.8 Å². The van der Waals surface area contributed by atoms with Gasteiger partial charge in [-0.15, -0.1) is 0 Å². The van der Waals surface area contributed by atoms with Crippen LogP contribution in [0.4, 0.5) is 0 Å². The molecule has 5 nitrogen and oxygen atoms in total. The van der Waals surface area contributed by atoms with E-state index in [0.29, 0.717) is 16.7 Å². The Morgan fingerprint density at radius 1 is 1.03 bits per heavy atom. The molecule has 2 aliphatic rings. The molecule has 1 aliphatic carbocycles. The van der Waals surface area contributed by atoms with Crippen molar-refractivity contribution in [3.05, 3.63) is 67.9 Å². The zero-order valence-corrected chi connectivity index (χ0v) is 24.8. The molecule has 0 radical (unpaired) electrons. The number of phenolic OH excluding ortho intramolecular Hbond substituents is 1. The minimum atomic E-state index is -1.39. The fourth-order valence-corrected chi connectivity index (χ4v) is 7.26. The third kappa shape index (κ3) is 4.00. The summed E-state index contributed by atoms with van der Waals surface area (Å²) in [6.07, 6.45) is 0.625. The number of alkyl halides is 1. The van der Waals surface area contributed by atoms with Gasteiger partial charge in [0, 0.05) is 22.3 Å². The topological polar surface area (TPSA) is 83.8 Å². The molecule has 13 heteroatoms. The summed E-state index contributed by atoms with van der Waals surface area (Å²) in [5.41, 5.74) is 0.696. The number of hydrogen-bond acceptors (Lipinski definition) is 4. The smallest absolute Gasteiger partial charge is 0.337 e. The molecule has 2 atom stereocenters. The van der Waals surface area contributed by atoms with Gasteiger partial charge in [-0.25, -0.2) is 4.79 Å². The molecule has 0 spiro atoms. The lowest BCUT2D eigenvalue weighted by Crippen LogP contribution is -2.40. The first kappa shape index (κ1) is 25.8. The zero-order valence-electron chi connectivity index (χ0n) is 15.5. The van der Waals surface area contributed by atoms with Gasteiger partial charge in [-0.3, -0.25) is 4.79 Å². The summed E-state index contributed by atoms with van der Waals surface area (Å²) in [4.78, 5) is 24.1. The Hall–Kier alpha value is -0.260. The van der Waals surface area contributed by atoms with Gasteiger partial charge in [-0.05, 0) is 59.9 Å². The van der Waals surface area contributed by atoms with Crippen molar-refractivity contribution in [3.63, 3.8) is 0 Å². The predicted octanol–water partition coefficient (Wildman–Crippen LogP) is 8.42. The number of ether oxygens (including phenoxy) is 1. The van der Waals surface area contributed by atoms with Gasteiger partial charge in [0.05, 0.1) is 34.6 Å². The Balaban J connectivity index is 2.26. The molecule has 0 saturated heterocycles. The first-order chi connectivity index (χ1) is 15.4. The standard InChI is InChI=1S/C20H6Br4Cl4O5/c21-5-1-3-7(8-9(20(31)32)13(26)15(28)14(27)12(8)25)4-2-6(22)17(30)11(24)19(4)33-18(3)10(23)16(5)29/h1-2,10,18,30H,(H,31,32). The number of hydrogen-bond donors (Lipinski definition) is 2. The van der Waals surface area contributed by atoms with E-state index in [1.807, 2.05) is 0 Å². The van der Waals surface area contributed by atoms with Gasteiger partial charge in [0.15, 0.2) is 5.78 Å². The second-order valence-electron chi connectivity index (χ2n) is 6.84. The fourth-order valence-electron chi connectivity index (χ4n) is 3.58. The van der Waals surface area contributed by atoms with Crippen LogP contribution in [0.15, 0.2) is 31.1 Å². The largest absolute Gasteiger partial charge is 0.505 e. The van der Waals surface area contributed by atoms with Crippen LogP contribution in [0, 0.1) is 0 Å². The van der Waals surface area contributed by atoms with Crippen LogP contribution in [0.3, 0.4) is 0 Å². The first-order valence-corrected chi connectivity index (χ1v) is 13.5. The summed E-state index contributed by atoms with van der Waals surface area (Å²) in [6.45, 7) is 0. The summed E-state index contributed by atoms with van der Waals surface area (Å²) in [7, 11) is 0. The van der Waals surface area contributed by atoms with E-state index in [4.69, 9.17) is 51.1 Å². The highest BCUT2D eigenvalue weighted by atomic mass is 79.9. The van der Waals surface area contributed by atoms with Crippen LogP contribution < -0.4 is 4.74 Å². The van der Waals surface area contributed by atoms with Crippen molar-refractivity contribution in [2.75, 3.05) is 0 Å². The summed E-state index contributed by atoms with van der Waals surface area (Å²) in [5.74, 6) is -1.67. The maximum Gasteiger partial charge on any atom is 0.337 e. The average Bonchev–Trinajstić information content (AvgIpc) is 2.76. The molecule has 2 unspecified atom stereocenters. The molecule has 1 heterocycles. The van der Waals surface area contributed by atoms with Crippen molar-refractivity contribution >= 4 is 127 Å². The number of ketones is 1. The second kappa shape index (κ2) is 9.32. The van der Waals surface area contributed by atoms with Gasteiger partial charge < -0.3 is 14.9 Å². The third-order valence-electron chi connectivity index (χ3n) is 5.02. The number of allylic oxidation sites excluding steroid dienone is 1. The lowest BCUT2D eigenvalue weighted by Gasteiger charge is -2.36. The van der Waals surface area contributed by atoms with E-state index < -0.39 is 16.9 Å². The van der Waals surface area contributed by atoms with Crippen molar-refractivity contribution in [2.45, 2.75) is 10.9 Å². The maximum atomic E-state index is 12.6. The normalized spacial score (nSPS) is 19.6. The van der Waals surface area contributed by atoms with Gasteiger partial charge in [-0.1, -0.05) is 62.3 Å². The van der Waals surface area contributed by atoms with Crippen molar-refractivity contribution < 1.29 is 24.5 Å². The number of aromatic carboxylic acids is 1.